The van der Waals surface area contributed by atoms with Gasteiger partial charge in [0.25, 0.3) is 5.91 Å². The number of amides is 1. The molecule has 4 heterocycles. The van der Waals surface area contributed by atoms with Crippen LogP contribution < -0.4 is 4.90 Å². The van der Waals surface area contributed by atoms with Crippen LogP contribution in [0.15, 0.2) is 30.5 Å². The first kappa shape index (κ1) is 16.6. The molecule has 1 aromatic carbocycles. The van der Waals surface area contributed by atoms with Crippen molar-refractivity contribution in [3.63, 3.8) is 0 Å². The van der Waals surface area contributed by atoms with E-state index >= 15 is 0 Å². The highest BCUT2D eigenvalue weighted by atomic mass is 32.1. The average Bonchev–Trinajstić information content (AvgIpc) is 3.17. The molecule has 2 aromatic heterocycles. The van der Waals surface area contributed by atoms with E-state index in [0.29, 0.717) is 31.3 Å². The summed E-state index contributed by atoms with van der Waals surface area (Å²) in [6.07, 6.45) is 2.68. The van der Waals surface area contributed by atoms with Gasteiger partial charge in [0.2, 0.25) is 5.95 Å². The molecule has 1 amide bonds. The predicted octanol–water partition coefficient (Wildman–Crippen LogP) is 2.12. The summed E-state index contributed by atoms with van der Waals surface area (Å²) in [6, 6.07) is 7.85. The number of para-hydroxylation sites is 1. The summed E-state index contributed by atoms with van der Waals surface area (Å²) in [7, 11) is 0. The number of nitrogens with zero attached hydrogens (tertiary/aromatic N) is 5. The van der Waals surface area contributed by atoms with Crippen molar-refractivity contribution in [2.24, 2.45) is 0 Å². The van der Waals surface area contributed by atoms with Crippen LogP contribution in [-0.2, 0) is 17.7 Å². The average molecular weight is 381 g/mol. The zero-order valence-corrected chi connectivity index (χ0v) is 15.6. The minimum atomic E-state index is -0.0200. The van der Waals surface area contributed by atoms with Crippen LogP contribution in [0.25, 0.3) is 10.2 Å². The third kappa shape index (κ3) is 3.15. The molecule has 3 aromatic rings. The summed E-state index contributed by atoms with van der Waals surface area (Å²) in [5.74, 6) is 0.708. The largest absolute Gasteiger partial charge is 0.378 e. The van der Waals surface area contributed by atoms with Crippen molar-refractivity contribution in [1.29, 1.82) is 0 Å². The molecule has 0 atom stereocenters. The van der Waals surface area contributed by atoms with Crippen LogP contribution in [-0.4, -0.2) is 58.6 Å². The van der Waals surface area contributed by atoms with Crippen LogP contribution in [0.3, 0.4) is 0 Å². The predicted molar refractivity (Wildman–Crippen MR) is 103 cm³/mol. The van der Waals surface area contributed by atoms with Gasteiger partial charge >= 0.3 is 0 Å². The van der Waals surface area contributed by atoms with Crippen LogP contribution in [0.2, 0.25) is 0 Å². The maximum absolute atomic E-state index is 13.0. The molecule has 7 nitrogen and oxygen atoms in total. The van der Waals surface area contributed by atoms with Gasteiger partial charge < -0.3 is 14.5 Å². The first-order chi connectivity index (χ1) is 13.3. The number of ether oxygens (including phenoxy) is 1. The Morgan fingerprint density at radius 3 is 2.81 bits per heavy atom. The molecular weight excluding hydrogens is 362 g/mol. The maximum atomic E-state index is 13.0. The fraction of sp³-hybridized carbons (Fsp3) is 0.368. The molecule has 0 unspecified atom stereocenters. The lowest BCUT2D eigenvalue weighted by Crippen LogP contribution is -2.39. The molecule has 1 saturated heterocycles. The van der Waals surface area contributed by atoms with Gasteiger partial charge in [-0.15, -0.1) is 11.3 Å². The van der Waals surface area contributed by atoms with Gasteiger partial charge in [-0.2, -0.15) is 0 Å². The molecule has 5 rings (SSSR count). The van der Waals surface area contributed by atoms with Crippen LogP contribution in [0, 0.1) is 0 Å². The van der Waals surface area contributed by atoms with E-state index in [9.17, 15) is 4.79 Å². The summed E-state index contributed by atoms with van der Waals surface area (Å²) in [4.78, 5) is 30.7. The number of rotatable bonds is 2. The highest BCUT2D eigenvalue weighted by Gasteiger charge is 2.26. The standard InChI is InChI=1S/C19H19N5O2S/c25-18(17-21-14-3-1-2-4-16(14)27-17)24-6-5-13-11-20-19(22-15(13)12-24)23-7-9-26-10-8-23/h1-4,11H,5-10,12H2. The van der Waals surface area contributed by atoms with Crippen LogP contribution in [0.5, 0.6) is 0 Å². The molecule has 0 spiro atoms. The summed E-state index contributed by atoms with van der Waals surface area (Å²) in [5, 5.41) is 0.544. The molecule has 8 heteroatoms. The van der Waals surface area contributed by atoms with E-state index in [1.54, 1.807) is 0 Å². The van der Waals surface area contributed by atoms with Crippen molar-refractivity contribution in [2.75, 3.05) is 37.7 Å². The number of fused-ring (bicyclic) bond motifs is 2. The minimum Gasteiger partial charge on any atom is -0.378 e. The van der Waals surface area contributed by atoms with Crippen molar-refractivity contribution in [2.45, 2.75) is 13.0 Å². The number of carbonyl (C=O) groups is 1. The second-order valence-corrected chi connectivity index (χ2v) is 7.74. The molecule has 0 radical (unpaired) electrons. The van der Waals surface area contributed by atoms with E-state index in [0.717, 1.165) is 46.9 Å². The second-order valence-electron chi connectivity index (χ2n) is 6.70. The van der Waals surface area contributed by atoms with Crippen molar-refractivity contribution in [1.82, 2.24) is 19.9 Å². The number of morpholine rings is 1. The Balaban J connectivity index is 1.38. The Morgan fingerprint density at radius 2 is 1.96 bits per heavy atom. The first-order valence-electron chi connectivity index (χ1n) is 9.10. The third-order valence-corrected chi connectivity index (χ3v) is 6.02. The molecule has 0 saturated carbocycles. The van der Waals surface area contributed by atoms with Crippen molar-refractivity contribution < 1.29 is 9.53 Å². The Morgan fingerprint density at radius 1 is 1.11 bits per heavy atom. The fourth-order valence-corrected chi connectivity index (χ4v) is 4.41. The van der Waals surface area contributed by atoms with Crippen molar-refractivity contribution >= 4 is 33.4 Å². The van der Waals surface area contributed by atoms with E-state index in [4.69, 9.17) is 9.72 Å². The van der Waals surface area contributed by atoms with Gasteiger partial charge in [0.1, 0.15) is 0 Å². The van der Waals surface area contributed by atoms with Gasteiger partial charge in [-0.1, -0.05) is 12.1 Å². The van der Waals surface area contributed by atoms with Gasteiger partial charge in [-0.25, -0.2) is 15.0 Å². The second kappa shape index (κ2) is 6.86. The smallest absolute Gasteiger partial charge is 0.283 e. The van der Waals surface area contributed by atoms with E-state index in [1.807, 2.05) is 35.4 Å². The van der Waals surface area contributed by atoms with Crippen molar-refractivity contribution in [3.05, 3.63) is 46.7 Å². The minimum absolute atomic E-state index is 0.0200. The zero-order valence-electron chi connectivity index (χ0n) is 14.8. The number of thiazole rings is 1. The van der Waals surface area contributed by atoms with E-state index in [-0.39, 0.29) is 5.91 Å². The number of benzene rings is 1. The van der Waals surface area contributed by atoms with Gasteiger partial charge in [-0.3, -0.25) is 4.79 Å². The Kier molecular flexibility index (Phi) is 4.21. The molecule has 2 aliphatic heterocycles. The van der Waals surface area contributed by atoms with Gasteiger partial charge in [0.05, 0.1) is 35.7 Å². The van der Waals surface area contributed by atoms with Crippen LogP contribution in [0.4, 0.5) is 5.95 Å². The molecule has 0 aliphatic carbocycles. The molecular formula is C19H19N5O2S. The van der Waals surface area contributed by atoms with Crippen molar-refractivity contribution in [3.8, 4) is 0 Å². The first-order valence-corrected chi connectivity index (χ1v) is 9.92. The lowest BCUT2D eigenvalue weighted by molar-refractivity contribution is 0.0731. The molecule has 1 fully saturated rings. The quantitative estimate of drug-likeness (QED) is 0.677. The Hall–Kier alpha value is -2.58. The highest BCUT2D eigenvalue weighted by Crippen LogP contribution is 2.25. The van der Waals surface area contributed by atoms with E-state index in [2.05, 4.69) is 14.9 Å². The van der Waals surface area contributed by atoms with Gasteiger partial charge in [0, 0.05) is 25.8 Å². The lowest BCUT2D eigenvalue weighted by Gasteiger charge is -2.30. The third-order valence-electron chi connectivity index (χ3n) is 4.99. The molecule has 27 heavy (non-hydrogen) atoms. The molecule has 0 N–H and O–H groups in total. The number of hydrogen-bond donors (Lipinski definition) is 0. The topological polar surface area (TPSA) is 71.5 Å². The summed E-state index contributed by atoms with van der Waals surface area (Å²) < 4.78 is 6.44. The summed E-state index contributed by atoms with van der Waals surface area (Å²) >= 11 is 1.45. The van der Waals surface area contributed by atoms with Gasteiger partial charge in [0.15, 0.2) is 5.01 Å². The van der Waals surface area contributed by atoms with Gasteiger partial charge in [-0.05, 0) is 24.1 Å². The van der Waals surface area contributed by atoms with Crippen LogP contribution in [0.1, 0.15) is 21.1 Å². The number of hydrogen-bond acceptors (Lipinski definition) is 7. The Bertz CT molecular complexity index is 966. The Labute approximate surface area is 160 Å². The highest BCUT2D eigenvalue weighted by molar-refractivity contribution is 7.20. The summed E-state index contributed by atoms with van der Waals surface area (Å²) in [6.45, 7) is 4.16. The van der Waals surface area contributed by atoms with E-state index in [1.165, 1.54) is 11.3 Å². The normalized spacial score (nSPS) is 17.2. The van der Waals surface area contributed by atoms with E-state index < -0.39 is 0 Å². The molecule has 2 aliphatic rings. The molecule has 138 valence electrons. The monoisotopic (exact) mass is 381 g/mol. The molecule has 0 bridgehead atoms. The number of anilines is 1. The fourth-order valence-electron chi connectivity index (χ4n) is 3.48. The number of aromatic nitrogens is 3. The summed E-state index contributed by atoms with van der Waals surface area (Å²) in [5.41, 5.74) is 2.94. The zero-order chi connectivity index (χ0) is 18.2. The maximum Gasteiger partial charge on any atom is 0.283 e. The number of carbonyl (C=O) groups excluding carboxylic acids is 1. The van der Waals surface area contributed by atoms with Crippen LogP contribution >= 0.6 is 11.3 Å². The SMILES string of the molecule is O=C(c1nc2ccccc2s1)N1CCc2cnc(N3CCOCC3)nc2C1. The lowest BCUT2D eigenvalue weighted by atomic mass is 10.1.